The zero-order valence-electron chi connectivity index (χ0n) is 11.4. The fourth-order valence-corrected chi connectivity index (χ4v) is 1.73. The van der Waals surface area contributed by atoms with Crippen molar-refractivity contribution in [3.8, 4) is 5.75 Å². The van der Waals surface area contributed by atoms with Crippen LogP contribution in [0.3, 0.4) is 0 Å². The predicted octanol–water partition coefficient (Wildman–Crippen LogP) is 0.0325. The standard InChI is InChI=1S/C14H19N3O3/c1-20-11-4-2-10(3-5-11)12(18)16-8-9-17-13(19)14(15)6-7-14/h2-5H,6-9,15H2,1H3,(H,16,18)(H,17,19). The number of hydrogen-bond acceptors (Lipinski definition) is 4. The summed E-state index contributed by atoms with van der Waals surface area (Å²) in [6.45, 7) is 0.742. The van der Waals surface area contributed by atoms with E-state index in [9.17, 15) is 9.59 Å². The van der Waals surface area contributed by atoms with E-state index in [1.165, 1.54) is 0 Å². The average molecular weight is 277 g/mol. The Hall–Kier alpha value is -2.08. The molecule has 0 saturated heterocycles. The summed E-state index contributed by atoms with van der Waals surface area (Å²) in [7, 11) is 1.57. The molecule has 0 aliphatic heterocycles. The molecule has 2 rings (SSSR count). The first kappa shape index (κ1) is 14.3. The topological polar surface area (TPSA) is 93.5 Å². The first-order chi connectivity index (χ1) is 9.55. The minimum Gasteiger partial charge on any atom is -0.497 e. The molecule has 0 radical (unpaired) electrons. The number of carbonyl (C=O) groups is 2. The Kier molecular flexibility index (Phi) is 4.24. The van der Waals surface area contributed by atoms with Crippen LogP contribution in [0.4, 0.5) is 0 Å². The molecule has 1 aromatic rings. The normalized spacial score (nSPS) is 15.3. The number of methoxy groups -OCH3 is 1. The SMILES string of the molecule is COc1ccc(C(=O)NCCNC(=O)C2(N)CC2)cc1. The molecule has 6 heteroatoms. The summed E-state index contributed by atoms with van der Waals surface area (Å²) in [4.78, 5) is 23.4. The predicted molar refractivity (Wildman–Crippen MR) is 74.5 cm³/mol. The molecule has 1 aliphatic carbocycles. The number of ether oxygens (including phenoxy) is 1. The lowest BCUT2D eigenvalue weighted by Crippen LogP contribution is -2.45. The molecule has 0 unspecified atom stereocenters. The minimum atomic E-state index is -0.667. The van der Waals surface area contributed by atoms with Gasteiger partial charge in [-0.2, -0.15) is 0 Å². The second-order valence-electron chi connectivity index (χ2n) is 4.90. The maximum absolute atomic E-state index is 11.8. The van der Waals surface area contributed by atoms with Crippen LogP contribution in [-0.2, 0) is 4.79 Å². The van der Waals surface area contributed by atoms with Gasteiger partial charge in [0.05, 0.1) is 12.6 Å². The highest BCUT2D eigenvalue weighted by Crippen LogP contribution is 2.31. The molecule has 108 valence electrons. The maximum Gasteiger partial charge on any atom is 0.251 e. The lowest BCUT2D eigenvalue weighted by molar-refractivity contribution is -0.123. The van der Waals surface area contributed by atoms with Crippen molar-refractivity contribution in [2.45, 2.75) is 18.4 Å². The van der Waals surface area contributed by atoms with E-state index in [1.54, 1.807) is 31.4 Å². The van der Waals surface area contributed by atoms with Crippen LogP contribution in [-0.4, -0.2) is 37.6 Å². The van der Waals surface area contributed by atoms with Crippen LogP contribution < -0.4 is 21.1 Å². The van der Waals surface area contributed by atoms with Gasteiger partial charge in [0.1, 0.15) is 5.75 Å². The average Bonchev–Trinajstić information content (AvgIpc) is 3.22. The van der Waals surface area contributed by atoms with Gasteiger partial charge < -0.3 is 21.1 Å². The monoisotopic (exact) mass is 277 g/mol. The van der Waals surface area contributed by atoms with Gasteiger partial charge in [0.15, 0.2) is 0 Å². The Bertz CT molecular complexity index is 495. The van der Waals surface area contributed by atoms with E-state index in [4.69, 9.17) is 10.5 Å². The number of nitrogens with one attached hydrogen (secondary N) is 2. The summed E-state index contributed by atoms with van der Waals surface area (Å²) in [5, 5.41) is 5.44. The Morgan fingerprint density at radius 2 is 1.80 bits per heavy atom. The third kappa shape index (κ3) is 3.48. The highest BCUT2D eigenvalue weighted by Gasteiger charge is 2.45. The Morgan fingerprint density at radius 1 is 1.20 bits per heavy atom. The number of carbonyl (C=O) groups excluding carboxylic acids is 2. The lowest BCUT2D eigenvalue weighted by atomic mass is 10.2. The molecule has 20 heavy (non-hydrogen) atoms. The van der Waals surface area contributed by atoms with Crippen molar-refractivity contribution in [2.75, 3.05) is 20.2 Å². The summed E-state index contributed by atoms with van der Waals surface area (Å²) in [6.07, 6.45) is 1.47. The molecule has 1 aliphatic rings. The van der Waals surface area contributed by atoms with Crippen LogP contribution in [0.5, 0.6) is 5.75 Å². The van der Waals surface area contributed by atoms with E-state index in [-0.39, 0.29) is 11.8 Å². The van der Waals surface area contributed by atoms with Gasteiger partial charge in [-0.1, -0.05) is 0 Å². The smallest absolute Gasteiger partial charge is 0.251 e. The van der Waals surface area contributed by atoms with E-state index in [0.717, 1.165) is 12.8 Å². The van der Waals surface area contributed by atoms with Gasteiger partial charge in [0, 0.05) is 18.7 Å². The Balaban J connectivity index is 1.70. The lowest BCUT2D eigenvalue weighted by Gasteiger charge is -2.10. The fourth-order valence-electron chi connectivity index (χ4n) is 1.73. The number of amides is 2. The molecule has 1 aromatic carbocycles. The molecule has 0 bridgehead atoms. The van der Waals surface area contributed by atoms with Gasteiger partial charge in [-0.3, -0.25) is 9.59 Å². The molecule has 6 nitrogen and oxygen atoms in total. The van der Waals surface area contributed by atoms with E-state index in [2.05, 4.69) is 10.6 Å². The second kappa shape index (κ2) is 5.92. The van der Waals surface area contributed by atoms with Crippen molar-refractivity contribution in [1.29, 1.82) is 0 Å². The van der Waals surface area contributed by atoms with Crippen LogP contribution in [0.25, 0.3) is 0 Å². The van der Waals surface area contributed by atoms with Crippen LogP contribution in [0.15, 0.2) is 24.3 Å². The summed E-state index contributed by atoms with van der Waals surface area (Å²) >= 11 is 0. The molecule has 0 heterocycles. The van der Waals surface area contributed by atoms with Crippen molar-refractivity contribution in [3.05, 3.63) is 29.8 Å². The van der Waals surface area contributed by atoms with Crippen molar-refractivity contribution in [1.82, 2.24) is 10.6 Å². The number of nitrogens with two attached hydrogens (primary N) is 1. The molecular weight excluding hydrogens is 258 g/mol. The fraction of sp³-hybridized carbons (Fsp3) is 0.429. The van der Waals surface area contributed by atoms with Crippen molar-refractivity contribution in [2.24, 2.45) is 5.73 Å². The van der Waals surface area contributed by atoms with Crippen molar-refractivity contribution in [3.63, 3.8) is 0 Å². The highest BCUT2D eigenvalue weighted by molar-refractivity contribution is 5.94. The van der Waals surface area contributed by atoms with Gasteiger partial charge in [0.25, 0.3) is 5.91 Å². The van der Waals surface area contributed by atoms with Crippen LogP contribution in [0.1, 0.15) is 23.2 Å². The first-order valence-corrected chi connectivity index (χ1v) is 6.54. The number of rotatable bonds is 6. The van der Waals surface area contributed by atoms with Gasteiger partial charge in [-0.25, -0.2) is 0 Å². The molecule has 0 atom stereocenters. The molecular formula is C14H19N3O3. The quantitative estimate of drug-likeness (QED) is 0.640. The van der Waals surface area contributed by atoms with Gasteiger partial charge in [-0.15, -0.1) is 0 Å². The van der Waals surface area contributed by atoms with Gasteiger partial charge >= 0.3 is 0 Å². The third-order valence-electron chi connectivity index (χ3n) is 3.29. The van der Waals surface area contributed by atoms with E-state index < -0.39 is 5.54 Å². The van der Waals surface area contributed by atoms with E-state index in [0.29, 0.717) is 24.4 Å². The summed E-state index contributed by atoms with van der Waals surface area (Å²) < 4.78 is 5.02. The van der Waals surface area contributed by atoms with Crippen LogP contribution >= 0.6 is 0 Å². The van der Waals surface area contributed by atoms with Gasteiger partial charge in [0.2, 0.25) is 5.91 Å². The molecule has 0 spiro atoms. The third-order valence-corrected chi connectivity index (χ3v) is 3.29. The summed E-state index contributed by atoms with van der Waals surface area (Å²) in [6, 6.07) is 6.82. The van der Waals surface area contributed by atoms with Crippen molar-refractivity contribution >= 4 is 11.8 Å². The van der Waals surface area contributed by atoms with E-state index >= 15 is 0 Å². The Labute approximate surface area is 117 Å². The zero-order valence-corrected chi connectivity index (χ0v) is 11.4. The molecule has 4 N–H and O–H groups in total. The summed E-state index contributed by atoms with van der Waals surface area (Å²) in [5.74, 6) is 0.374. The second-order valence-corrected chi connectivity index (χ2v) is 4.90. The number of hydrogen-bond donors (Lipinski definition) is 3. The Morgan fingerprint density at radius 3 is 2.35 bits per heavy atom. The van der Waals surface area contributed by atoms with Crippen molar-refractivity contribution < 1.29 is 14.3 Å². The molecule has 0 aromatic heterocycles. The largest absolute Gasteiger partial charge is 0.497 e. The van der Waals surface area contributed by atoms with Gasteiger partial charge in [-0.05, 0) is 37.1 Å². The molecule has 2 amide bonds. The first-order valence-electron chi connectivity index (χ1n) is 6.54. The molecule has 1 saturated carbocycles. The van der Waals surface area contributed by atoms with Crippen LogP contribution in [0, 0.1) is 0 Å². The maximum atomic E-state index is 11.8. The van der Waals surface area contributed by atoms with Crippen LogP contribution in [0.2, 0.25) is 0 Å². The zero-order chi connectivity index (χ0) is 14.6. The van der Waals surface area contributed by atoms with E-state index in [1.807, 2.05) is 0 Å². The highest BCUT2D eigenvalue weighted by atomic mass is 16.5. The number of benzene rings is 1. The minimum absolute atomic E-state index is 0.142. The molecule has 1 fully saturated rings. The summed E-state index contributed by atoms with van der Waals surface area (Å²) in [5.41, 5.74) is 5.62.